The van der Waals surface area contributed by atoms with Crippen LogP contribution in [0.25, 0.3) is 0 Å². The van der Waals surface area contributed by atoms with Gasteiger partial charge in [-0.25, -0.2) is 4.79 Å². The summed E-state index contributed by atoms with van der Waals surface area (Å²) in [4.78, 5) is 22.8. The molecule has 2 rings (SSSR count). The van der Waals surface area contributed by atoms with Gasteiger partial charge in [-0.15, -0.1) is 0 Å². The van der Waals surface area contributed by atoms with E-state index in [1.165, 1.54) is 11.6 Å². The molecule has 0 aliphatic heterocycles. The molecule has 26 heavy (non-hydrogen) atoms. The third kappa shape index (κ3) is 4.28. The highest BCUT2D eigenvalue weighted by molar-refractivity contribution is 5.90. The quantitative estimate of drug-likeness (QED) is 0.431. The van der Waals surface area contributed by atoms with Crippen molar-refractivity contribution in [1.29, 1.82) is 0 Å². The van der Waals surface area contributed by atoms with Gasteiger partial charge in [-0.2, -0.15) is 0 Å². The second-order valence-electron chi connectivity index (χ2n) is 7.67. The summed E-state index contributed by atoms with van der Waals surface area (Å²) in [6, 6.07) is 8.61. The lowest BCUT2D eigenvalue weighted by atomic mass is 9.84. The maximum absolute atomic E-state index is 12.3. The van der Waals surface area contributed by atoms with Crippen LogP contribution in [-0.4, -0.2) is 10.9 Å². The molecule has 0 aliphatic carbocycles. The number of ether oxygens (including phenoxy) is 1. The third-order valence-electron chi connectivity index (χ3n) is 4.55. The number of carbonyl (C=O) groups is 1. The van der Waals surface area contributed by atoms with Crippen LogP contribution in [0.2, 0.25) is 0 Å². The molecule has 0 atom stereocenters. The van der Waals surface area contributed by atoms with E-state index in [9.17, 15) is 14.9 Å². The van der Waals surface area contributed by atoms with Crippen molar-refractivity contribution in [3.8, 4) is 0 Å². The van der Waals surface area contributed by atoms with Gasteiger partial charge < -0.3 is 4.74 Å². The number of hydrogen-bond donors (Lipinski definition) is 0. The molecule has 0 fully saturated rings. The maximum atomic E-state index is 12.3. The van der Waals surface area contributed by atoms with E-state index in [1.54, 1.807) is 19.1 Å². The van der Waals surface area contributed by atoms with Crippen LogP contribution in [0.15, 0.2) is 30.3 Å². The molecule has 0 heterocycles. The molecular weight excluding hydrogens is 330 g/mol. The van der Waals surface area contributed by atoms with Crippen molar-refractivity contribution < 1.29 is 14.5 Å². The number of hydrogen-bond acceptors (Lipinski definition) is 4. The minimum absolute atomic E-state index is 0.0472. The standard InChI is InChI=1S/C21H25NO4/c1-13-7-8-16(11-19(13)22(24)25)20(23)26-12-18-14(2)9-17(10-15(18)3)21(4,5)6/h7-11H,12H2,1-6H3. The summed E-state index contributed by atoms with van der Waals surface area (Å²) >= 11 is 0. The fourth-order valence-corrected chi connectivity index (χ4v) is 2.81. The fourth-order valence-electron chi connectivity index (χ4n) is 2.81. The van der Waals surface area contributed by atoms with Gasteiger partial charge in [0.1, 0.15) is 6.61 Å². The largest absolute Gasteiger partial charge is 0.457 e. The second-order valence-corrected chi connectivity index (χ2v) is 7.67. The minimum Gasteiger partial charge on any atom is -0.457 e. The summed E-state index contributed by atoms with van der Waals surface area (Å²) in [5, 5.41) is 11.0. The van der Waals surface area contributed by atoms with Gasteiger partial charge in [0.2, 0.25) is 0 Å². The number of nitrogens with zero attached hydrogens (tertiary/aromatic N) is 1. The molecule has 0 N–H and O–H groups in total. The Morgan fingerprint density at radius 3 is 2.12 bits per heavy atom. The van der Waals surface area contributed by atoms with Crippen molar-refractivity contribution in [2.75, 3.05) is 0 Å². The van der Waals surface area contributed by atoms with Gasteiger partial charge >= 0.3 is 5.97 Å². The molecule has 138 valence electrons. The lowest BCUT2D eigenvalue weighted by Gasteiger charge is -2.22. The van der Waals surface area contributed by atoms with Gasteiger partial charge in [-0.05, 0) is 54.5 Å². The first kappa shape index (κ1) is 19.6. The molecular formula is C21H25NO4. The van der Waals surface area contributed by atoms with E-state index in [0.717, 1.165) is 16.7 Å². The SMILES string of the molecule is Cc1ccc(C(=O)OCc2c(C)cc(C(C)(C)C)cc2C)cc1[N+](=O)[O-]. The zero-order valence-electron chi connectivity index (χ0n) is 16.2. The molecule has 0 radical (unpaired) electrons. The van der Waals surface area contributed by atoms with E-state index >= 15 is 0 Å². The molecule has 2 aromatic rings. The Morgan fingerprint density at radius 1 is 1.04 bits per heavy atom. The van der Waals surface area contributed by atoms with E-state index in [-0.39, 0.29) is 23.3 Å². The maximum Gasteiger partial charge on any atom is 0.338 e. The molecule has 0 saturated carbocycles. The molecule has 5 heteroatoms. The summed E-state index contributed by atoms with van der Waals surface area (Å²) < 4.78 is 5.41. The second kappa shape index (κ2) is 7.28. The highest BCUT2D eigenvalue weighted by atomic mass is 16.6. The molecule has 0 spiro atoms. The summed E-state index contributed by atoms with van der Waals surface area (Å²) in [6.45, 7) is 12.3. The topological polar surface area (TPSA) is 69.4 Å². The highest BCUT2D eigenvalue weighted by Gasteiger charge is 2.19. The number of nitro benzene ring substituents is 1. The lowest BCUT2D eigenvalue weighted by molar-refractivity contribution is -0.385. The Hall–Kier alpha value is -2.69. The van der Waals surface area contributed by atoms with Crippen LogP contribution in [0.3, 0.4) is 0 Å². The van der Waals surface area contributed by atoms with Crippen LogP contribution in [0, 0.1) is 30.9 Å². The Bertz CT molecular complexity index is 840. The van der Waals surface area contributed by atoms with Crippen LogP contribution >= 0.6 is 0 Å². The predicted molar refractivity (Wildman–Crippen MR) is 102 cm³/mol. The van der Waals surface area contributed by atoms with Gasteiger partial charge in [0.25, 0.3) is 5.69 Å². The number of benzene rings is 2. The van der Waals surface area contributed by atoms with Crippen LogP contribution < -0.4 is 0 Å². The lowest BCUT2D eigenvalue weighted by Crippen LogP contribution is -2.13. The molecule has 0 aromatic heterocycles. The zero-order chi connectivity index (χ0) is 19.6. The molecule has 5 nitrogen and oxygen atoms in total. The summed E-state index contributed by atoms with van der Waals surface area (Å²) in [5.41, 5.74) is 4.99. The van der Waals surface area contributed by atoms with Crippen LogP contribution in [-0.2, 0) is 16.8 Å². The molecule has 0 amide bonds. The normalized spacial score (nSPS) is 11.3. The van der Waals surface area contributed by atoms with Crippen LogP contribution in [0.5, 0.6) is 0 Å². The van der Waals surface area contributed by atoms with Gasteiger partial charge in [0, 0.05) is 11.6 Å². The predicted octanol–water partition coefficient (Wildman–Crippen LogP) is 5.17. The summed E-state index contributed by atoms with van der Waals surface area (Å²) in [5.74, 6) is -0.563. The average molecular weight is 355 g/mol. The monoisotopic (exact) mass is 355 g/mol. The van der Waals surface area contributed by atoms with E-state index < -0.39 is 10.9 Å². The van der Waals surface area contributed by atoms with E-state index in [1.807, 2.05) is 13.8 Å². The number of rotatable bonds is 4. The van der Waals surface area contributed by atoms with Crippen molar-refractivity contribution in [1.82, 2.24) is 0 Å². The number of esters is 1. The minimum atomic E-state index is -0.563. The van der Waals surface area contributed by atoms with Crippen molar-refractivity contribution in [2.24, 2.45) is 0 Å². The third-order valence-corrected chi connectivity index (χ3v) is 4.55. The van der Waals surface area contributed by atoms with Crippen molar-refractivity contribution in [2.45, 2.75) is 53.6 Å². The zero-order valence-corrected chi connectivity index (χ0v) is 16.2. The molecule has 0 aliphatic rings. The summed E-state index contributed by atoms with van der Waals surface area (Å²) in [7, 11) is 0. The summed E-state index contributed by atoms with van der Waals surface area (Å²) in [6.07, 6.45) is 0. The Balaban J connectivity index is 2.20. The first-order valence-corrected chi connectivity index (χ1v) is 8.53. The Morgan fingerprint density at radius 2 is 1.62 bits per heavy atom. The fraction of sp³-hybridized carbons (Fsp3) is 0.381. The van der Waals surface area contributed by atoms with Gasteiger partial charge in [-0.3, -0.25) is 10.1 Å². The molecule has 0 saturated heterocycles. The number of aryl methyl sites for hydroxylation is 3. The molecule has 0 bridgehead atoms. The van der Waals surface area contributed by atoms with Crippen molar-refractivity contribution >= 4 is 11.7 Å². The highest BCUT2D eigenvalue weighted by Crippen LogP contribution is 2.27. The molecule has 0 unspecified atom stereocenters. The van der Waals surface area contributed by atoms with Gasteiger partial charge in [0.05, 0.1) is 10.5 Å². The van der Waals surface area contributed by atoms with Crippen LogP contribution in [0.1, 0.15) is 58.9 Å². The molecule has 2 aromatic carbocycles. The van der Waals surface area contributed by atoms with Gasteiger partial charge in [0.15, 0.2) is 0 Å². The Kier molecular flexibility index (Phi) is 5.50. The van der Waals surface area contributed by atoms with Crippen molar-refractivity contribution in [3.05, 3.63) is 73.8 Å². The van der Waals surface area contributed by atoms with E-state index in [2.05, 4.69) is 32.9 Å². The smallest absolute Gasteiger partial charge is 0.338 e. The van der Waals surface area contributed by atoms with Crippen molar-refractivity contribution in [3.63, 3.8) is 0 Å². The van der Waals surface area contributed by atoms with E-state index in [4.69, 9.17) is 4.74 Å². The van der Waals surface area contributed by atoms with Crippen LogP contribution in [0.4, 0.5) is 5.69 Å². The Labute approximate surface area is 154 Å². The average Bonchev–Trinajstić information content (AvgIpc) is 2.52. The van der Waals surface area contributed by atoms with Gasteiger partial charge in [-0.1, -0.05) is 39.0 Å². The number of carbonyl (C=O) groups excluding carboxylic acids is 1. The number of nitro groups is 1. The first-order valence-electron chi connectivity index (χ1n) is 8.53. The first-order chi connectivity index (χ1) is 12.0. The van der Waals surface area contributed by atoms with E-state index in [0.29, 0.717) is 5.56 Å².